The van der Waals surface area contributed by atoms with E-state index in [4.69, 9.17) is 0 Å². The van der Waals surface area contributed by atoms with Crippen molar-refractivity contribution in [3.05, 3.63) is 83.2 Å². The maximum absolute atomic E-state index is 12.9. The molecule has 3 rings (SSSR count). The number of imide groups is 1. The molecule has 1 aliphatic heterocycles. The van der Waals surface area contributed by atoms with E-state index < -0.39 is 11.8 Å². The van der Waals surface area contributed by atoms with Crippen LogP contribution in [-0.2, 0) is 0 Å². The van der Waals surface area contributed by atoms with Gasteiger partial charge in [-0.1, -0.05) is 42.5 Å². The Labute approximate surface area is 139 Å². The van der Waals surface area contributed by atoms with E-state index in [1.807, 2.05) is 0 Å². The highest BCUT2D eigenvalue weighted by Gasteiger charge is 2.39. The van der Waals surface area contributed by atoms with Gasteiger partial charge in [0, 0.05) is 25.9 Å². The third-order valence-corrected chi connectivity index (χ3v) is 3.68. The standard InChI is InChI=1S/C19H16N2O3/c1-20(2)12-16(17(22)13-8-4-3-5-9-13)21-18(23)14-10-6-7-11-15(14)19(21)24/h3-12H,1-2H3. The topological polar surface area (TPSA) is 57.7 Å². The lowest BCUT2D eigenvalue weighted by molar-refractivity contribution is 0.0675. The zero-order valence-electron chi connectivity index (χ0n) is 13.4. The van der Waals surface area contributed by atoms with Crippen LogP contribution in [0.15, 0.2) is 66.5 Å². The molecule has 24 heavy (non-hydrogen) atoms. The molecule has 0 saturated heterocycles. The number of Topliss-reactive ketones (excluding diaryl/α,β-unsaturated/α-hetero) is 1. The average Bonchev–Trinajstić information content (AvgIpc) is 2.84. The van der Waals surface area contributed by atoms with Gasteiger partial charge in [-0.2, -0.15) is 0 Å². The van der Waals surface area contributed by atoms with Crippen LogP contribution in [0.2, 0.25) is 0 Å². The minimum Gasteiger partial charge on any atom is -0.382 e. The Kier molecular flexibility index (Phi) is 4.00. The Hall–Kier alpha value is -3.21. The highest BCUT2D eigenvalue weighted by Crippen LogP contribution is 2.27. The third kappa shape index (κ3) is 2.60. The lowest BCUT2D eigenvalue weighted by Gasteiger charge is -2.19. The molecule has 1 heterocycles. The highest BCUT2D eigenvalue weighted by atomic mass is 16.2. The number of carbonyl (C=O) groups is 3. The van der Waals surface area contributed by atoms with Crippen LogP contribution in [0.1, 0.15) is 31.1 Å². The minimum atomic E-state index is -0.479. The molecule has 0 atom stereocenters. The molecule has 0 bridgehead atoms. The number of nitrogens with zero attached hydrogens (tertiary/aromatic N) is 2. The molecule has 5 heteroatoms. The summed E-state index contributed by atoms with van der Waals surface area (Å²) in [5, 5.41) is 0. The van der Waals surface area contributed by atoms with Crippen molar-refractivity contribution in [1.82, 2.24) is 9.80 Å². The fourth-order valence-electron chi connectivity index (χ4n) is 2.61. The first-order chi connectivity index (χ1) is 11.5. The Bertz CT molecular complexity index is 819. The zero-order chi connectivity index (χ0) is 17.3. The van der Waals surface area contributed by atoms with E-state index in [1.54, 1.807) is 73.6 Å². The second-order valence-corrected chi connectivity index (χ2v) is 5.66. The number of amides is 2. The predicted molar refractivity (Wildman–Crippen MR) is 89.5 cm³/mol. The van der Waals surface area contributed by atoms with Crippen molar-refractivity contribution in [3.63, 3.8) is 0 Å². The van der Waals surface area contributed by atoms with E-state index in [0.29, 0.717) is 16.7 Å². The monoisotopic (exact) mass is 320 g/mol. The molecule has 0 aliphatic carbocycles. The van der Waals surface area contributed by atoms with Gasteiger partial charge in [-0.25, -0.2) is 4.90 Å². The maximum atomic E-state index is 12.9. The summed E-state index contributed by atoms with van der Waals surface area (Å²) in [6.45, 7) is 0. The van der Waals surface area contributed by atoms with Gasteiger partial charge in [0.05, 0.1) is 11.1 Å². The summed E-state index contributed by atoms with van der Waals surface area (Å²) in [5.41, 5.74) is 1.08. The van der Waals surface area contributed by atoms with Crippen LogP contribution in [0.5, 0.6) is 0 Å². The van der Waals surface area contributed by atoms with Crippen LogP contribution in [0.3, 0.4) is 0 Å². The first-order valence-electron chi connectivity index (χ1n) is 7.46. The normalized spacial score (nSPS) is 13.9. The summed E-state index contributed by atoms with van der Waals surface area (Å²) >= 11 is 0. The van der Waals surface area contributed by atoms with Gasteiger partial charge >= 0.3 is 0 Å². The molecule has 5 nitrogen and oxygen atoms in total. The zero-order valence-corrected chi connectivity index (χ0v) is 13.4. The number of fused-ring (bicyclic) bond motifs is 1. The Morgan fingerprint density at radius 3 is 1.88 bits per heavy atom. The summed E-state index contributed by atoms with van der Waals surface area (Å²) < 4.78 is 0. The Morgan fingerprint density at radius 1 is 0.875 bits per heavy atom. The molecule has 0 N–H and O–H groups in total. The van der Waals surface area contributed by atoms with E-state index in [2.05, 4.69) is 0 Å². The molecule has 0 fully saturated rings. The van der Waals surface area contributed by atoms with Gasteiger partial charge in [0.15, 0.2) is 0 Å². The molecule has 2 aromatic carbocycles. The number of carbonyl (C=O) groups excluding carboxylic acids is 3. The average molecular weight is 320 g/mol. The van der Waals surface area contributed by atoms with Gasteiger partial charge in [0.2, 0.25) is 5.78 Å². The third-order valence-electron chi connectivity index (χ3n) is 3.68. The van der Waals surface area contributed by atoms with Crippen molar-refractivity contribution in [3.8, 4) is 0 Å². The van der Waals surface area contributed by atoms with E-state index in [-0.39, 0.29) is 11.5 Å². The molecule has 0 radical (unpaired) electrons. The number of rotatable bonds is 4. The van der Waals surface area contributed by atoms with E-state index >= 15 is 0 Å². The van der Waals surface area contributed by atoms with Gasteiger partial charge in [0.25, 0.3) is 11.8 Å². The van der Waals surface area contributed by atoms with Gasteiger partial charge in [-0.3, -0.25) is 14.4 Å². The molecule has 2 aromatic rings. The lowest BCUT2D eigenvalue weighted by atomic mass is 10.1. The van der Waals surface area contributed by atoms with Crippen LogP contribution in [0.4, 0.5) is 0 Å². The van der Waals surface area contributed by atoms with Crippen molar-refractivity contribution in [1.29, 1.82) is 0 Å². The second-order valence-electron chi connectivity index (χ2n) is 5.66. The number of hydrogen-bond acceptors (Lipinski definition) is 4. The summed E-state index contributed by atoms with van der Waals surface area (Å²) in [6.07, 6.45) is 1.50. The maximum Gasteiger partial charge on any atom is 0.266 e. The molecule has 0 unspecified atom stereocenters. The summed E-state index contributed by atoms with van der Waals surface area (Å²) in [6, 6.07) is 15.2. The van der Waals surface area contributed by atoms with Crippen LogP contribution < -0.4 is 0 Å². The van der Waals surface area contributed by atoms with Gasteiger partial charge < -0.3 is 4.90 Å². The highest BCUT2D eigenvalue weighted by molar-refractivity contribution is 6.26. The van der Waals surface area contributed by atoms with Crippen molar-refractivity contribution >= 4 is 17.6 Å². The van der Waals surface area contributed by atoms with E-state index in [1.165, 1.54) is 6.20 Å². The largest absolute Gasteiger partial charge is 0.382 e. The first kappa shape index (κ1) is 15.7. The number of ketones is 1. The van der Waals surface area contributed by atoms with Crippen molar-refractivity contribution in [2.75, 3.05) is 14.1 Å². The Balaban J connectivity index is 2.08. The summed E-state index contributed by atoms with van der Waals surface area (Å²) in [4.78, 5) is 40.8. The SMILES string of the molecule is CN(C)C=C(C(=O)c1ccccc1)N1C(=O)c2ccccc2C1=O. The van der Waals surface area contributed by atoms with E-state index in [0.717, 1.165) is 4.90 Å². The molecule has 0 spiro atoms. The first-order valence-corrected chi connectivity index (χ1v) is 7.46. The fraction of sp³-hybridized carbons (Fsp3) is 0.105. The van der Waals surface area contributed by atoms with Crippen LogP contribution in [0.25, 0.3) is 0 Å². The van der Waals surface area contributed by atoms with Crippen molar-refractivity contribution in [2.45, 2.75) is 0 Å². The van der Waals surface area contributed by atoms with Gasteiger partial charge in [-0.05, 0) is 12.1 Å². The molecule has 1 aliphatic rings. The van der Waals surface area contributed by atoms with Crippen LogP contribution in [0, 0.1) is 0 Å². The fourth-order valence-corrected chi connectivity index (χ4v) is 2.61. The molecular weight excluding hydrogens is 304 g/mol. The molecule has 2 amide bonds. The lowest BCUT2D eigenvalue weighted by Crippen LogP contribution is -2.34. The smallest absolute Gasteiger partial charge is 0.266 e. The van der Waals surface area contributed by atoms with Gasteiger partial charge in [0.1, 0.15) is 5.70 Å². The number of allylic oxidation sites excluding steroid dienone is 1. The number of benzene rings is 2. The van der Waals surface area contributed by atoms with Crippen LogP contribution in [-0.4, -0.2) is 41.5 Å². The minimum absolute atomic E-state index is 0.0393. The number of hydrogen-bond donors (Lipinski definition) is 0. The second kappa shape index (κ2) is 6.12. The summed E-state index contributed by atoms with van der Waals surface area (Å²) in [7, 11) is 3.47. The Morgan fingerprint density at radius 2 is 1.38 bits per heavy atom. The van der Waals surface area contributed by atoms with Crippen molar-refractivity contribution < 1.29 is 14.4 Å². The summed E-state index contributed by atoms with van der Waals surface area (Å²) in [5.74, 6) is -1.33. The predicted octanol–water partition coefficient (Wildman–Crippen LogP) is 2.57. The quantitative estimate of drug-likeness (QED) is 0.493. The molecule has 0 saturated carbocycles. The van der Waals surface area contributed by atoms with Crippen LogP contribution >= 0.6 is 0 Å². The molecule has 0 aromatic heterocycles. The van der Waals surface area contributed by atoms with E-state index in [9.17, 15) is 14.4 Å². The molecule has 120 valence electrons. The van der Waals surface area contributed by atoms with Crippen molar-refractivity contribution in [2.24, 2.45) is 0 Å². The molecular formula is C19H16N2O3. The van der Waals surface area contributed by atoms with Gasteiger partial charge in [-0.15, -0.1) is 0 Å².